The summed E-state index contributed by atoms with van der Waals surface area (Å²) in [6, 6.07) is 0. The number of hydrogen-bond acceptors (Lipinski definition) is 3. The highest BCUT2D eigenvalue weighted by Crippen LogP contribution is 2.21. The third-order valence-electron chi connectivity index (χ3n) is 4.05. The van der Waals surface area contributed by atoms with Gasteiger partial charge in [-0.3, -0.25) is 9.89 Å². The van der Waals surface area contributed by atoms with Crippen molar-refractivity contribution in [2.75, 3.05) is 57.8 Å². The minimum atomic E-state index is -4.12. The number of alkyl halides is 3. The molecule has 1 heterocycles. The number of nitrogens with one attached hydrogen (secondary N) is 1. The van der Waals surface area contributed by atoms with Crippen LogP contribution in [-0.2, 0) is 0 Å². The molecule has 1 unspecified atom stereocenters. The lowest BCUT2D eigenvalue weighted by Crippen LogP contribution is -2.42. The van der Waals surface area contributed by atoms with Crippen LogP contribution in [0.1, 0.15) is 26.7 Å². The summed E-state index contributed by atoms with van der Waals surface area (Å²) < 4.78 is 37.8. The van der Waals surface area contributed by atoms with E-state index in [0.29, 0.717) is 13.1 Å². The fourth-order valence-corrected chi connectivity index (χ4v) is 3.34. The van der Waals surface area contributed by atoms with Crippen molar-refractivity contribution in [1.29, 1.82) is 0 Å². The Morgan fingerprint density at radius 2 is 2.12 bits per heavy atom. The molecule has 4 nitrogen and oxygen atoms in total. The summed E-state index contributed by atoms with van der Waals surface area (Å²) in [5, 5.41) is 3.30. The summed E-state index contributed by atoms with van der Waals surface area (Å²) in [6.07, 6.45) is -0.0749. The number of nitrogens with zero attached hydrogens (tertiary/aromatic N) is 3. The van der Waals surface area contributed by atoms with Crippen LogP contribution in [0.3, 0.4) is 0 Å². The number of guanidine groups is 1. The van der Waals surface area contributed by atoms with E-state index in [2.05, 4.69) is 21.5 Å². The molecule has 0 spiro atoms. The highest BCUT2D eigenvalue weighted by Gasteiger charge is 2.32. The van der Waals surface area contributed by atoms with Crippen LogP contribution in [0.4, 0.5) is 13.2 Å². The van der Waals surface area contributed by atoms with E-state index in [0.717, 1.165) is 50.7 Å². The first-order valence-electron chi connectivity index (χ1n) is 8.70. The first-order chi connectivity index (χ1) is 11.4. The number of hydrogen-bond donors (Lipinski definition) is 1. The Kier molecular flexibility index (Phi) is 9.88. The van der Waals surface area contributed by atoms with Crippen molar-refractivity contribution in [3.8, 4) is 0 Å². The first kappa shape index (κ1) is 21.4. The molecule has 1 aliphatic rings. The summed E-state index contributed by atoms with van der Waals surface area (Å²) in [5.74, 6) is 2.26. The van der Waals surface area contributed by atoms with Gasteiger partial charge in [-0.15, -0.1) is 0 Å². The molecule has 1 fully saturated rings. The fourth-order valence-electron chi connectivity index (χ4n) is 2.92. The molecule has 24 heavy (non-hydrogen) atoms. The number of thioether (sulfide) groups is 1. The van der Waals surface area contributed by atoms with Gasteiger partial charge in [-0.25, -0.2) is 0 Å². The molecule has 0 aromatic carbocycles. The molecule has 8 heteroatoms. The van der Waals surface area contributed by atoms with Crippen molar-refractivity contribution >= 4 is 17.7 Å². The van der Waals surface area contributed by atoms with E-state index in [4.69, 9.17) is 0 Å². The van der Waals surface area contributed by atoms with Crippen molar-refractivity contribution in [3.05, 3.63) is 0 Å². The standard InChI is InChI=1S/C16H31F3N4S/c1-4-20-15(21-8-6-10-24-3)23-9-7-14(12-23)11-22(5-2)13-16(17,18)19/h14H,4-13H2,1-3H3,(H,20,21). The van der Waals surface area contributed by atoms with Crippen LogP contribution < -0.4 is 5.32 Å². The van der Waals surface area contributed by atoms with Crippen LogP contribution >= 0.6 is 11.8 Å². The van der Waals surface area contributed by atoms with Crippen LogP contribution in [0.2, 0.25) is 0 Å². The molecule has 0 aromatic heterocycles. The molecule has 142 valence electrons. The van der Waals surface area contributed by atoms with Crippen LogP contribution in [0.15, 0.2) is 4.99 Å². The van der Waals surface area contributed by atoms with Crippen molar-refractivity contribution in [2.45, 2.75) is 32.9 Å². The van der Waals surface area contributed by atoms with Gasteiger partial charge in [0, 0.05) is 32.7 Å². The number of rotatable bonds is 9. The van der Waals surface area contributed by atoms with E-state index < -0.39 is 12.7 Å². The maximum atomic E-state index is 12.6. The van der Waals surface area contributed by atoms with Crippen LogP contribution in [0.5, 0.6) is 0 Å². The molecule has 1 aliphatic heterocycles. The topological polar surface area (TPSA) is 30.9 Å². The second-order valence-electron chi connectivity index (χ2n) is 6.13. The van der Waals surface area contributed by atoms with E-state index in [1.54, 1.807) is 6.92 Å². The Balaban J connectivity index is 2.51. The Morgan fingerprint density at radius 3 is 2.71 bits per heavy atom. The third-order valence-corrected chi connectivity index (χ3v) is 4.75. The van der Waals surface area contributed by atoms with Gasteiger partial charge in [0.2, 0.25) is 0 Å². The zero-order valence-corrected chi connectivity index (χ0v) is 15.8. The van der Waals surface area contributed by atoms with Crippen LogP contribution in [-0.4, -0.2) is 79.8 Å². The van der Waals surface area contributed by atoms with Gasteiger partial charge in [0.1, 0.15) is 0 Å². The Labute approximate surface area is 148 Å². The lowest BCUT2D eigenvalue weighted by atomic mass is 10.1. The molecule has 1 rings (SSSR count). The second-order valence-corrected chi connectivity index (χ2v) is 7.11. The predicted octanol–water partition coefficient (Wildman–Crippen LogP) is 2.91. The smallest absolute Gasteiger partial charge is 0.357 e. The molecule has 0 aliphatic carbocycles. The summed E-state index contributed by atoms with van der Waals surface area (Å²) in [6.45, 7) is 7.17. The highest BCUT2D eigenvalue weighted by atomic mass is 32.2. The predicted molar refractivity (Wildman–Crippen MR) is 96.8 cm³/mol. The van der Waals surface area contributed by atoms with Crippen LogP contribution in [0.25, 0.3) is 0 Å². The number of halogens is 3. The van der Waals surface area contributed by atoms with Gasteiger partial charge in [0.25, 0.3) is 0 Å². The van der Waals surface area contributed by atoms with Crippen molar-refractivity contribution < 1.29 is 13.2 Å². The quantitative estimate of drug-likeness (QED) is 0.385. The molecule has 1 atom stereocenters. The zero-order chi connectivity index (χ0) is 18.0. The maximum absolute atomic E-state index is 12.6. The van der Waals surface area contributed by atoms with Gasteiger partial charge < -0.3 is 10.2 Å². The molecule has 1 N–H and O–H groups in total. The largest absolute Gasteiger partial charge is 0.401 e. The van der Waals surface area contributed by atoms with Crippen molar-refractivity contribution in [2.24, 2.45) is 10.9 Å². The third kappa shape index (κ3) is 8.46. The van der Waals surface area contributed by atoms with E-state index in [9.17, 15) is 13.2 Å². The van der Waals surface area contributed by atoms with E-state index in [1.807, 2.05) is 18.7 Å². The summed E-state index contributed by atoms with van der Waals surface area (Å²) in [4.78, 5) is 8.34. The molecule has 1 saturated heterocycles. The molecular formula is C16H31F3N4S. The molecular weight excluding hydrogens is 337 g/mol. The molecule has 0 radical (unpaired) electrons. The van der Waals surface area contributed by atoms with Crippen molar-refractivity contribution in [1.82, 2.24) is 15.1 Å². The van der Waals surface area contributed by atoms with Gasteiger partial charge in [0.05, 0.1) is 6.54 Å². The lowest BCUT2D eigenvalue weighted by molar-refractivity contribution is -0.146. The average Bonchev–Trinajstić information content (AvgIpc) is 2.96. The second kappa shape index (κ2) is 11.1. The first-order valence-corrected chi connectivity index (χ1v) is 10.1. The Bertz CT molecular complexity index is 377. The van der Waals surface area contributed by atoms with E-state index in [1.165, 1.54) is 4.90 Å². The Morgan fingerprint density at radius 1 is 1.38 bits per heavy atom. The van der Waals surface area contributed by atoms with E-state index in [-0.39, 0.29) is 5.92 Å². The normalized spacial score (nSPS) is 19.4. The SMILES string of the molecule is CCNC(=NCCCSC)N1CCC(CN(CC)CC(F)(F)F)C1. The fraction of sp³-hybridized carbons (Fsp3) is 0.938. The summed E-state index contributed by atoms with van der Waals surface area (Å²) >= 11 is 1.81. The molecule has 0 aromatic rings. The minimum absolute atomic E-state index is 0.266. The number of likely N-dealkylation sites (tertiary alicyclic amines) is 1. The highest BCUT2D eigenvalue weighted by molar-refractivity contribution is 7.98. The zero-order valence-electron chi connectivity index (χ0n) is 15.0. The van der Waals surface area contributed by atoms with Gasteiger partial charge in [-0.2, -0.15) is 24.9 Å². The minimum Gasteiger partial charge on any atom is -0.357 e. The van der Waals surface area contributed by atoms with Crippen LogP contribution in [0, 0.1) is 5.92 Å². The summed E-state index contributed by atoms with van der Waals surface area (Å²) in [7, 11) is 0. The van der Waals surface area contributed by atoms with E-state index >= 15 is 0 Å². The van der Waals surface area contributed by atoms with Gasteiger partial charge >= 0.3 is 6.18 Å². The summed E-state index contributed by atoms with van der Waals surface area (Å²) in [5.41, 5.74) is 0. The van der Waals surface area contributed by atoms with Gasteiger partial charge in [-0.1, -0.05) is 6.92 Å². The lowest BCUT2D eigenvalue weighted by Gasteiger charge is -2.26. The molecule has 0 bridgehead atoms. The van der Waals surface area contributed by atoms with Gasteiger partial charge in [-0.05, 0) is 44.2 Å². The Hall–Kier alpha value is -0.630. The maximum Gasteiger partial charge on any atom is 0.401 e. The average molecular weight is 369 g/mol. The number of aliphatic imine (C=N–C) groups is 1. The van der Waals surface area contributed by atoms with Crippen molar-refractivity contribution in [3.63, 3.8) is 0 Å². The monoisotopic (exact) mass is 368 g/mol. The molecule has 0 amide bonds. The molecule has 0 saturated carbocycles. The van der Waals surface area contributed by atoms with Gasteiger partial charge in [0.15, 0.2) is 5.96 Å².